The zero-order chi connectivity index (χ0) is 24.2. The molecule has 34 heavy (non-hydrogen) atoms. The molecule has 184 valence electrons. The molecule has 0 unspecified atom stereocenters. The smallest absolute Gasteiger partial charge is 0.337 e. The van der Waals surface area contributed by atoms with Gasteiger partial charge in [0.2, 0.25) is 0 Å². The summed E-state index contributed by atoms with van der Waals surface area (Å²) in [4.78, 5) is 33.7. The van der Waals surface area contributed by atoms with Crippen molar-refractivity contribution in [2.45, 2.75) is 18.7 Å². The highest BCUT2D eigenvalue weighted by Gasteiger charge is 2.24. The highest BCUT2D eigenvalue weighted by molar-refractivity contribution is 7.91. The zero-order valence-electron chi connectivity index (χ0n) is 19.5. The van der Waals surface area contributed by atoms with Gasteiger partial charge >= 0.3 is 5.97 Å². The first-order chi connectivity index (χ1) is 15.7. The predicted octanol–water partition coefficient (Wildman–Crippen LogP) is 3.90. The Morgan fingerprint density at radius 1 is 1.00 bits per heavy atom. The maximum Gasteiger partial charge on any atom is 0.337 e. The number of rotatable bonds is 9. The standard InChI is InChI=1S/C23H27N3O5S2.ClH/c1-5-25(6-2)14-15-26(21(27)16-10-12-17(13-11-16)22(28)31-3)23-24-20-18(32-23)8-7-9-19(20)33(4,29)30;/h7-13H,5-6,14-15H2,1-4H3;1H. The van der Waals surface area contributed by atoms with E-state index in [2.05, 4.69) is 23.7 Å². The molecular weight excluding hydrogens is 498 g/mol. The fraction of sp³-hybridized carbons (Fsp3) is 0.348. The van der Waals surface area contributed by atoms with E-state index >= 15 is 0 Å². The lowest BCUT2D eigenvalue weighted by Crippen LogP contribution is -2.38. The fourth-order valence-corrected chi connectivity index (χ4v) is 5.33. The van der Waals surface area contributed by atoms with E-state index in [-0.39, 0.29) is 23.2 Å². The third-order valence-electron chi connectivity index (χ3n) is 5.33. The van der Waals surface area contributed by atoms with Gasteiger partial charge in [-0.2, -0.15) is 0 Å². The van der Waals surface area contributed by atoms with Gasteiger partial charge in [0.1, 0.15) is 5.52 Å². The molecule has 8 nitrogen and oxygen atoms in total. The van der Waals surface area contributed by atoms with Gasteiger partial charge in [-0.1, -0.05) is 31.3 Å². The number of likely N-dealkylation sites (N-methyl/N-ethyl adjacent to an activating group) is 1. The van der Waals surface area contributed by atoms with Gasteiger partial charge in [0, 0.05) is 24.9 Å². The quantitative estimate of drug-likeness (QED) is 0.391. The largest absolute Gasteiger partial charge is 0.465 e. The van der Waals surface area contributed by atoms with E-state index in [1.165, 1.54) is 24.5 Å². The number of fused-ring (bicyclic) bond motifs is 1. The second-order valence-corrected chi connectivity index (χ2v) is 10.4. The van der Waals surface area contributed by atoms with E-state index in [4.69, 9.17) is 4.74 Å². The number of aromatic nitrogens is 1. The van der Waals surface area contributed by atoms with Crippen molar-refractivity contribution in [3.8, 4) is 0 Å². The Morgan fingerprint density at radius 2 is 1.62 bits per heavy atom. The summed E-state index contributed by atoms with van der Waals surface area (Å²) in [7, 11) is -2.17. The van der Waals surface area contributed by atoms with Gasteiger partial charge in [0.25, 0.3) is 5.91 Å². The first-order valence-corrected chi connectivity index (χ1v) is 13.2. The lowest BCUT2D eigenvalue weighted by molar-refractivity contribution is 0.0600. The summed E-state index contributed by atoms with van der Waals surface area (Å²) in [5.41, 5.74) is 1.10. The zero-order valence-corrected chi connectivity index (χ0v) is 21.9. The van der Waals surface area contributed by atoms with E-state index in [1.54, 1.807) is 41.3 Å². The molecule has 0 N–H and O–H groups in total. The summed E-state index contributed by atoms with van der Waals surface area (Å²) in [6, 6.07) is 11.2. The normalized spacial score (nSPS) is 11.3. The van der Waals surface area contributed by atoms with E-state index < -0.39 is 15.8 Å². The summed E-state index contributed by atoms with van der Waals surface area (Å²) in [6.45, 7) is 6.80. The molecule has 0 bridgehead atoms. The molecule has 0 saturated carbocycles. The van der Waals surface area contributed by atoms with Crippen molar-refractivity contribution in [2.24, 2.45) is 0 Å². The second-order valence-electron chi connectivity index (χ2n) is 7.42. The molecule has 1 amide bonds. The molecule has 1 aromatic heterocycles. The minimum atomic E-state index is -3.47. The van der Waals surface area contributed by atoms with Crippen LogP contribution >= 0.6 is 23.7 Å². The highest BCUT2D eigenvalue weighted by Crippen LogP contribution is 2.33. The number of nitrogens with zero attached hydrogens (tertiary/aromatic N) is 3. The molecular formula is C23H28ClN3O5S2. The Kier molecular flexibility index (Phi) is 9.57. The number of hydrogen-bond acceptors (Lipinski definition) is 8. The molecule has 0 atom stereocenters. The first kappa shape index (κ1) is 27.7. The van der Waals surface area contributed by atoms with E-state index in [0.29, 0.717) is 39.6 Å². The highest BCUT2D eigenvalue weighted by atomic mass is 35.5. The molecule has 2 aromatic carbocycles. The number of carbonyl (C=O) groups excluding carboxylic acids is 2. The van der Waals surface area contributed by atoms with Crippen LogP contribution in [0, 0.1) is 0 Å². The number of thiazole rings is 1. The average molecular weight is 526 g/mol. The molecule has 0 aliphatic heterocycles. The van der Waals surface area contributed by atoms with Crippen LogP contribution in [0.1, 0.15) is 34.6 Å². The molecule has 1 heterocycles. The topological polar surface area (TPSA) is 96.9 Å². The number of anilines is 1. The number of hydrogen-bond donors (Lipinski definition) is 0. The van der Waals surface area contributed by atoms with Crippen LogP contribution in [0.4, 0.5) is 5.13 Å². The number of benzene rings is 2. The Labute approximate surface area is 209 Å². The molecule has 0 saturated heterocycles. The van der Waals surface area contributed by atoms with Gasteiger partial charge in [0.05, 0.1) is 22.3 Å². The van der Waals surface area contributed by atoms with Crippen LogP contribution in [0.15, 0.2) is 47.4 Å². The lowest BCUT2D eigenvalue weighted by Gasteiger charge is -2.24. The van der Waals surface area contributed by atoms with Gasteiger partial charge in [-0.25, -0.2) is 18.2 Å². The number of para-hydroxylation sites is 1. The van der Waals surface area contributed by atoms with Crippen LogP contribution in [0.25, 0.3) is 10.2 Å². The minimum absolute atomic E-state index is 0. The van der Waals surface area contributed by atoms with Gasteiger partial charge in [-0.15, -0.1) is 12.4 Å². The van der Waals surface area contributed by atoms with Gasteiger partial charge in [0.15, 0.2) is 15.0 Å². The SMILES string of the molecule is CCN(CC)CCN(C(=O)c1ccc(C(=O)OC)cc1)c1nc2c(S(C)(=O)=O)cccc2s1.Cl. The van der Waals surface area contributed by atoms with Crippen LogP contribution in [0.2, 0.25) is 0 Å². The fourth-order valence-electron chi connectivity index (χ4n) is 3.41. The van der Waals surface area contributed by atoms with Crippen molar-refractivity contribution in [3.05, 3.63) is 53.6 Å². The first-order valence-electron chi connectivity index (χ1n) is 10.5. The van der Waals surface area contributed by atoms with Gasteiger partial charge < -0.3 is 9.64 Å². The number of esters is 1. The Bertz CT molecular complexity index is 1260. The van der Waals surface area contributed by atoms with Gasteiger partial charge in [-0.05, 0) is 49.5 Å². The van der Waals surface area contributed by atoms with Crippen LogP contribution in [-0.2, 0) is 14.6 Å². The van der Waals surface area contributed by atoms with Crippen LogP contribution in [0.3, 0.4) is 0 Å². The number of halogens is 1. The van der Waals surface area contributed by atoms with Crippen LogP contribution < -0.4 is 4.90 Å². The molecule has 0 spiro atoms. The predicted molar refractivity (Wildman–Crippen MR) is 137 cm³/mol. The molecule has 0 aliphatic carbocycles. The molecule has 3 rings (SSSR count). The number of methoxy groups -OCH3 is 1. The van der Waals surface area contributed by atoms with Crippen molar-refractivity contribution in [3.63, 3.8) is 0 Å². The van der Waals surface area contributed by atoms with Crippen molar-refractivity contribution in [1.82, 2.24) is 9.88 Å². The summed E-state index contributed by atoms with van der Waals surface area (Å²) in [5.74, 6) is -0.759. The van der Waals surface area contributed by atoms with Crippen molar-refractivity contribution in [2.75, 3.05) is 44.4 Å². The number of carbonyl (C=O) groups is 2. The third-order valence-corrected chi connectivity index (χ3v) is 7.51. The van der Waals surface area contributed by atoms with Crippen LogP contribution in [0.5, 0.6) is 0 Å². The number of amides is 1. The average Bonchev–Trinajstić information content (AvgIpc) is 3.24. The minimum Gasteiger partial charge on any atom is -0.465 e. The van der Waals surface area contributed by atoms with E-state index in [9.17, 15) is 18.0 Å². The summed E-state index contributed by atoms with van der Waals surface area (Å²) < 4.78 is 29.9. The Morgan fingerprint density at radius 3 is 2.18 bits per heavy atom. The van der Waals surface area contributed by atoms with Crippen LogP contribution in [-0.4, -0.2) is 69.7 Å². The van der Waals surface area contributed by atoms with E-state index in [0.717, 1.165) is 19.3 Å². The van der Waals surface area contributed by atoms with Crippen molar-refractivity contribution >= 4 is 60.8 Å². The summed E-state index contributed by atoms with van der Waals surface area (Å²) >= 11 is 1.27. The summed E-state index contributed by atoms with van der Waals surface area (Å²) in [5, 5.41) is 0.426. The monoisotopic (exact) mass is 525 g/mol. The maximum absolute atomic E-state index is 13.5. The van der Waals surface area contributed by atoms with Gasteiger partial charge in [-0.3, -0.25) is 9.69 Å². The maximum atomic E-state index is 13.5. The second kappa shape index (κ2) is 11.7. The van der Waals surface area contributed by atoms with Crippen molar-refractivity contribution < 1.29 is 22.7 Å². The molecule has 0 fully saturated rings. The molecule has 0 radical (unpaired) electrons. The van der Waals surface area contributed by atoms with Crippen molar-refractivity contribution in [1.29, 1.82) is 0 Å². The Balaban J connectivity index is 0.00000408. The molecule has 0 aliphatic rings. The number of sulfone groups is 1. The lowest BCUT2D eigenvalue weighted by atomic mass is 10.1. The molecule has 11 heteroatoms. The third kappa shape index (κ3) is 6.12. The Hall–Kier alpha value is -2.53. The summed E-state index contributed by atoms with van der Waals surface area (Å²) in [6.07, 6.45) is 1.15. The van der Waals surface area contributed by atoms with E-state index in [1.807, 2.05) is 0 Å². The number of ether oxygens (including phenoxy) is 1. The molecule has 3 aromatic rings.